The Balaban J connectivity index is 2.23. The van der Waals surface area contributed by atoms with Crippen LogP contribution in [0.4, 0.5) is 0 Å². The fourth-order valence-electron chi connectivity index (χ4n) is 2.52. The average molecular weight is 258 g/mol. The third kappa shape index (κ3) is 2.28. The summed E-state index contributed by atoms with van der Waals surface area (Å²) in [5, 5.41) is 0.0788. The maximum absolute atomic E-state index is 12.2. The lowest BCUT2D eigenvalue weighted by molar-refractivity contribution is -0.151. The van der Waals surface area contributed by atoms with E-state index in [1.54, 1.807) is 16.7 Å². The van der Waals surface area contributed by atoms with Crippen molar-refractivity contribution in [1.82, 2.24) is 4.90 Å². The van der Waals surface area contributed by atoms with Crippen molar-refractivity contribution >= 4 is 23.6 Å². The normalized spacial score (nSPS) is 37.6. The molecule has 0 aromatic rings. The highest BCUT2D eigenvalue weighted by Gasteiger charge is 2.45. The molecule has 0 aliphatic carbocycles. The molecular formula is C11H18N2O3S. The van der Waals surface area contributed by atoms with Gasteiger partial charge in [0.15, 0.2) is 0 Å². The van der Waals surface area contributed by atoms with Crippen molar-refractivity contribution < 1.29 is 14.3 Å². The van der Waals surface area contributed by atoms with Crippen LogP contribution in [-0.2, 0) is 14.3 Å². The van der Waals surface area contributed by atoms with Crippen LogP contribution in [0.15, 0.2) is 0 Å². The van der Waals surface area contributed by atoms with Gasteiger partial charge in [0.2, 0.25) is 5.91 Å². The predicted octanol–water partition coefficient (Wildman–Crippen LogP) is 0.187. The molecule has 5 nitrogen and oxygen atoms in total. The fourth-order valence-corrected chi connectivity index (χ4v) is 4.10. The number of thioether (sulfide) groups is 1. The molecule has 0 bridgehead atoms. The smallest absolute Gasteiger partial charge is 0.329 e. The summed E-state index contributed by atoms with van der Waals surface area (Å²) in [6.45, 7) is 2.10. The molecule has 6 heteroatoms. The zero-order chi connectivity index (χ0) is 12.6. The third-order valence-corrected chi connectivity index (χ3v) is 4.71. The molecule has 17 heavy (non-hydrogen) atoms. The van der Waals surface area contributed by atoms with Crippen LogP contribution in [0, 0.1) is 5.92 Å². The first-order valence-electron chi connectivity index (χ1n) is 5.81. The Labute approximate surface area is 105 Å². The molecule has 2 heterocycles. The van der Waals surface area contributed by atoms with E-state index in [1.807, 2.05) is 0 Å². The van der Waals surface area contributed by atoms with Crippen molar-refractivity contribution in [2.24, 2.45) is 11.7 Å². The molecule has 2 fully saturated rings. The van der Waals surface area contributed by atoms with Gasteiger partial charge >= 0.3 is 5.97 Å². The summed E-state index contributed by atoms with van der Waals surface area (Å²) in [6.07, 6.45) is 1.60. The molecule has 2 N–H and O–H groups in total. The first-order valence-corrected chi connectivity index (χ1v) is 6.86. The average Bonchev–Trinajstić information content (AvgIpc) is 2.65. The lowest BCUT2D eigenvalue weighted by Gasteiger charge is -2.27. The summed E-state index contributed by atoms with van der Waals surface area (Å²) in [6, 6.07) is -0.945. The Kier molecular flexibility index (Phi) is 3.63. The number of rotatable bonds is 1. The Hall–Kier alpha value is -0.750. The molecule has 2 aliphatic rings. The van der Waals surface area contributed by atoms with E-state index in [0.29, 0.717) is 18.1 Å². The van der Waals surface area contributed by atoms with Gasteiger partial charge in [-0.25, -0.2) is 4.79 Å². The number of hydrogen-bond donors (Lipinski definition) is 1. The van der Waals surface area contributed by atoms with E-state index in [4.69, 9.17) is 10.5 Å². The second-order valence-electron chi connectivity index (χ2n) is 4.76. The summed E-state index contributed by atoms with van der Waals surface area (Å²) < 4.78 is 4.75. The standard InChI is InChI=1S/C11H18N2O3S/c1-6-3-7(12)10(14)13-8(11(15)16-2)5-17-9(13)4-6/h6-9H,3-5,12H2,1-2H3/t6-,7?,8?,9?/m0/s1. The van der Waals surface area contributed by atoms with E-state index < -0.39 is 12.1 Å². The number of nitrogens with zero attached hydrogens (tertiary/aromatic N) is 1. The van der Waals surface area contributed by atoms with Crippen LogP contribution in [0.3, 0.4) is 0 Å². The summed E-state index contributed by atoms with van der Waals surface area (Å²) in [5.41, 5.74) is 5.88. The summed E-state index contributed by atoms with van der Waals surface area (Å²) in [7, 11) is 1.35. The second-order valence-corrected chi connectivity index (χ2v) is 5.97. The molecule has 0 spiro atoms. The van der Waals surface area contributed by atoms with Gasteiger partial charge in [0.05, 0.1) is 18.5 Å². The molecule has 2 saturated heterocycles. The minimum atomic E-state index is -0.485. The first kappa shape index (κ1) is 12.7. The number of carbonyl (C=O) groups is 2. The van der Waals surface area contributed by atoms with Crippen LogP contribution in [0.1, 0.15) is 19.8 Å². The summed E-state index contributed by atoms with van der Waals surface area (Å²) >= 11 is 1.65. The van der Waals surface area contributed by atoms with E-state index in [9.17, 15) is 9.59 Å². The summed E-state index contributed by atoms with van der Waals surface area (Å²) in [4.78, 5) is 25.5. The quantitative estimate of drug-likeness (QED) is 0.680. The van der Waals surface area contributed by atoms with Crippen LogP contribution in [0.2, 0.25) is 0 Å². The molecular weight excluding hydrogens is 240 g/mol. The van der Waals surface area contributed by atoms with E-state index in [-0.39, 0.29) is 17.3 Å². The van der Waals surface area contributed by atoms with Gasteiger partial charge in [0, 0.05) is 5.75 Å². The second kappa shape index (κ2) is 4.86. The molecule has 2 rings (SSSR count). The monoisotopic (exact) mass is 258 g/mol. The molecule has 2 aliphatic heterocycles. The Bertz CT molecular complexity index is 337. The number of nitrogens with two attached hydrogens (primary N) is 1. The Morgan fingerprint density at radius 1 is 1.53 bits per heavy atom. The minimum Gasteiger partial charge on any atom is -0.467 e. The van der Waals surface area contributed by atoms with Gasteiger partial charge in [-0.3, -0.25) is 4.79 Å². The number of ether oxygens (including phenoxy) is 1. The van der Waals surface area contributed by atoms with Crippen molar-refractivity contribution in [2.75, 3.05) is 12.9 Å². The van der Waals surface area contributed by atoms with Crippen LogP contribution >= 0.6 is 11.8 Å². The molecule has 0 aromatic carbocycles. The molecule has 0 saturated carbocycles. The highest BCUT2D eigenvalue weighted by atomic mass is 32.2. The maximum Gasteiger partial charge on any atom is 0.329 e. The van der Waals surface area contributed by atoms with E-state index >= 15 is 0 Å². The van der Waals surface area contributed by atoms with Crippen LogP contribution in [0.5, 0.6) is 0 Å². The summed E-state index contributed by atoms with van der Waals surface area (Å²) in [5.74, 6) is 0.574. The molecule has 4 atom stereocenters. The number of methoxy groups -OCH3 is 1. The number of fused-ring (bicyclic) bond motifs is 1. The number of amides is 1. The Morgan fingerprint density at radius 3 is 2.88 bits per heavy atom. The van der Waals surface area contributed by atoms with Crippen molar-refractivity contribution in [2.45, 2.75) is 37.2 Å². The van der Waals surface area contributed by atoms with Gasteiger partial charge in [-0.15, -0.1) is 11.8 Å². The zero-order valence-electron chi connectivity index (χ0n) is 10.1. The highest BCUT2D eigenvalue weighted by molar-refractivity contribution is 8.00. The van der Waals surface area contributed by atoms with Crippen molar-refractivity contribution in [1.29, 1.82) is 0 Å². The van der Waals surface area contributed by atoms with E-state index in [0.717, 1.165) is 6.42 Å². The largest absolute Gasteiger partial charge is 0.467 e. The topological polar surface area (TPSA) is 72.6 Å². The minimum absolute atomic E-state index is 0.0788. The molecule has 0 radical (unpaired) electrons. The lowest BCUT2D eigenvalue weighted by Crippen LogP contribution is -2.50. The van der Waals surface area contributed by atoms with Crippen molar-refractivity contribution in [3.05, 3.63) is 0 Å². The first-order chi connectivity index (χ1) is 8.04. The van der Waals surface area contributed by atoms with Gasteiger partial charge in [0.25, 0.3) is 0 Å². The van der Waals surface area contributed by atoms with Gasteiger partial charge in [-0.05, 0) is 18.8 Å². The maximum atomic E-state index is 12.2. The molecule has 0 aromatic heterocycles. The lowest BCUT2D eigenvalue weighted by atomic mass is 10.0. The molecule has 1 amide bonds. The number of esters is 1. The van der Waals surface area contributed by atoms with Gasteiger partial charge in [-0.1, -0.05) is 6.92 Å². The van der Waals surface area contributed by atoms with E-state index in [1.165, 1.54) is 7.11 Å². The van der Waals surface area contributed by atoms with Gasteiger partial charge in [-0.2, -0.15) is 0 Å². The number of hydrogen-bond acceptors (Lipinski definition) is 5. The van der Waals surface area contributed by atoms with Crippen molar-refractivity contribution in [3.8, 4) is 0 Å². The van der Waals surface area contributed by atoms with Crippen molar-refractivity contribution in [3.63, 3.8) is 0 Å². The SMILES string of the molecule is COC(=O)C1CSC2C[C@@H](C)CC(N)C(=O)N21. The molecule has 3 unspecified atom stereocenters. The highest BCUT2D eigenvalue weighted by Crippen LogP contribution is 2.37. The third-order valence-electron chi connectivity index (χ3n) is 3.40. The van der Waals surface area contributed by atoms with Gasteiger partial charge < -0.3 is 15.4 Å². The van der Waals surface area contributed by atoms with Crippen LogP contribution in [-0.4, -0.2) is 47.1 Å². The number of carbonyl (C=O) groups excluding carboxylic acids is 2. The van der Waals surface area contributed by atoms with E-state index in [2.05, 4.69) is 6.92 Å². The fraction of sp³-hybridized carbons (Fsp3) is 0.818. The van der Waals surface area contributed by atoms with Crippen LogP contribution < -0.4 is 5.73 Å². The molecule has 96 valence electrons. The Morgan fingerprint density at radius 2 is 2.24 bits per heavy atom. The van der Waals surface area contributed by atoms with Gasteiger partial charge in [0.1, 0.15) is 6.04 Å². The zero-order valence-corrected chi connectivity index (χ0v) is 10.9. The van der Waals surface area contributed by atoms with Crippen LogP contribution in [0.25, 0.3) is 0 Å². The predicted molar refractivity (Wildman–Crippen MR) is 65.3 cm³/mol.